The van der Waals surface area contributed by atoms with E-state index in [0.29, 0.717) is 0 Å². The van der Waals surface area contributed by atoms with Crippen LogP contribution in [0.4, 0.5) is 13.2 Å². The molecule has 1 aromatic carbocycles. The molecule has 0 heterocycles. The number of nitrogens with zero attached hydrogens (tertiary/aromatic N) is 1. The number of ether oxygens (including phenoxy) is 1. The van der Waals surface area contributed by atoms with Crippen LogP contribution in [0.1, 0.15) is 15.9 Å². The number of rotatable bonds is 2. The van der Waals surface area contributed by atoms with Gasteiger partial charge in [0.05, 0.1) is 18.2 Å². The molecule has 1 aromatic rings. The maximum Gasteiger partial charge on any atom is 0.446 e. The van der Waals surface area contributed by atoms with Crippen molar-refractivity contribution < 1.29 is 22.7 Å². The highest BCUT2D eigenvalue weighted by Crippen LogP contribution is 2.41. The predicted octanol–water partition coefficient (Wildman–Crippen LogP) is 3.56. The molecule has 0 amide bonds. The van der Waals surface area contributed by atoms with E-state index < -0.39 is 23.2 Å². The summed E-state index contributed by atoms with van der Waals surface area (Å²) in [7, 11) is 1.08. The Morgan fingerprint density at radius 2 is 2.11 bits per heavy atom. The lowest BCUT2D eigenvalue weighted by Crippen LogP contribution is -2.09. The van der Waals surface area contributed by atoms with Gasteiger partial charge in [0.25, 0.3) is 0 Å². The van der Waals surface area contributed by atoms with Crippen molar-refractivity contribution in [2.45, 2.75) is 10.4 Å². The zero-order valence-corrected chi connectivity index (χ0v) is 11.8. The maximum absolute atomic E-state index is 12.4. The molecule has 18 heavy (non-hydrogen) atoms. The van der Waals surface area contributed by atoms with Crippen LogP contribution >= 0.6 is 34.4 Å². The fourth-order valence-corrected chi connectivity index (χ4v) is 2.74. The molecule has 0 aromatic heterocycles. The van der Waals surface area contributed by atoms with Crippen molar-refractivity contribution in [3.8, 4) is 6.07 Å². The van der Waals surface area contributed by atoms with Gasteiger partial charge in [-0.2, -0.15) is 18.4 Å². The molecule has 0 radical (unpaired) electrons. The van der Waals surface area contributed by atoms with Crippen molar-refractivity contribution in [3.63, 3.8) is 0 Å². The number of thioether (sulfide) groups is 1. The molecule has 0 atom stereocenters. The zero-order valence-electron chi connectivity index (χ0n) is 8.84. The van der Waals surface area contributed by atoms with Gasteiger partial charge in [0.15, 0.2) is 0 Å². The number of hydrogen-bond donors (Lipinski definition) is 0. The van der Waals surface area contributed by atoms with E-state index in [9.17, 15) is 18.0 Å². The fraction of sp³-hybridized carbons (Fsp3) is 0.200. The van der Waals surface area contributed by atoms with Crippen LogP contribution < -0.4 is 0 Å². The average Bonchev–Trinajstić information content (AvgIpc) is 2.29. The van der Waals surface area contributed by atoms with Gasteiger partial charge in [-0.25, -0.2) is 4.79 Å². The van der Waals surface area contributed by atoms with Crippen molar-refractivity contribution >= 4 is 40.3 Å². The molecule has 96 valence electrons. The Balaban J connectivity index is 3.41. The molecular formula is C10H5F3INO2S. The molecule has 0 aliphatic carbocycles. The molecule has 0 saturated carbocycles. The number of benzene rings is 1. The lowest BCUT2D eigenvalue weighted by Gasteiger charge is -2.12. The van der Waals surface area contributed by atoms with Gasteiger partial charge in [0.1, 0.15) is 6.07 Å². The first kappa shape index (κ1) is 15.1. The highest BCUT2D eigenvalue weighted by molar-refractivity contribution is 14.1. The van der Waals surface area contributed by atoms with Crippen molar-refractivity contribution in [2.24, 2.45) is 0 Å². The Labute approximate surface area is 118 Å². The van der Waals surface area contributed by atoms with Gasteiger partial charge < -0.3 is 4.74 Å². The minimum Gasteiger partial charge on any atom is -0.465 e. The van der Waals surface area contributed by atoms with E-state index >= 15 is 0 Å². The van der Waals surface area contributed by atoms with E-state index in [-0.39, 0.29) is 19.6 Å². The topological polar surface area (TPSA) is 50.1 Å². The SMILES string of the molecule is COC(=O)c1ccc(C#N)c(I)c1SC(F)(F)F. The molecule has 1 rings (SSSR count). The highest BCUT2D eigenvalue weighted by atomic mass is 127. The smallest absolute Gasteiger partial charge is 0.446 e. The number of halogens is 4. The normalized spacial score (nSPS) is 10.9. The number of carbonyl (C=O) groups is 1. The van der Waals surface area contributed by atoms with Crippen molar-refractivity contribution in [1.29, 1.82) is 5.26 Å². The Kier molecular flexibility index (Phi) is 4.86. The first-order valence-electron chi connectivity index (χ1n) is 4.36. The van der Waals surface area contributed by atoms with Crippen molar-refractivity contribution in [1.82, 2.24) is 0 Å². The summed E-state index contributed by atoms with van der Waals surface area (Å²) in [5, 5.41) is 8.77. The molecule has 0 saturated heterocycles. The summed E-state index contributed by atoms with van der Waals surface area (Å²) in [4.78, 5) is 11.1. The third-order valence-corrected chi connectivity index (χ3v) is 4.19. The maximum atomic E-state index is 12.4. The van der Waals surface area contributed by atoms with E-state index in [1.165, 1.54) is 6.07 Å². The number of alkyl halides is 3. The fourth-order valence-electron chi connectivity index (χ4n) is 1.13. The molecule has 0 aliphatic heterocycles. The third-order valence-electron chi connectivity index (χ3n) is 1.84. The number of nitriles is 1. The van der Waals surface area contributed by atoms with Crippen LogP contribution in [0.2, 0.25) is 0 Å². The van der Waals surface area contributed by atoms with Crippen LogP contribution in [0, 0.1) is 14.9 Å². The van der Waals surface area contributed by atoms with E-state index in [2.05, 4.69) is 4.74 Å². The van der Waals surface area contributed by atoms with E-state index in [1.807, 2.05) is 0 Å². The number of methoxy groups -OCH3 is 1. The van der Waals surface area contributed by atoms with Crippen LogP contribution in [-0.2, 0) is 4.74 Å². The Hall–Kier alpha value is -0.950. The van der Waals surface area contributed by atoms with Gasteiger partial charge >= 0.3 is 11.5 Å². The van der Waals surface area contributed by atoms with Crippen LogP contribution in [0.25, 0.3) is 0 Å². The lowest BCUT2D eigenvalue weighted by atomic mass is 10.1. The summed E-state index contributed by atoms with van der Waals surface area (Å²) in [6, 6.07) is 4.20. The van der Waals surface area contributed by atoms with E-state index in [0.717, 1.165) is 13.2 Å². The van der Waals surface area contributed by atoms with Gasteiger partial charge in [-0.15, -0.1) is 0 Å². The quantitative estimate of drug-likeness (QED) is 0.443. The Morgan fingerprint density at radius 1 is 1.50 bits per heavy atom. The summed E-state index contributed by atoms with van der Waals surface area (Å²) in [6.45, 7) is 0. The standard InChI is InChI=1S/C10H5F3INO2S/c1-17-9(16)6-3-2-5(4-15)7(14)8(6)18-10(11,12)13/h2-3H,1H3. The third kappa shape index (κ3) is 3.52. The molecular weight excluding hydrogens is 382 g/mol. The van der Waals surface area contributed by atoms with Crippen LogP contribution in [-0.4, -0.2) is 18.6 Å². The molecule has 0 aliphatic rings. The first-order chi connectivity index (χ1) is 8.30. The van der Waals surface area contributed by atoms with Gasteiger partial charge in [-0.3, -0.25) is 0 Å². The van der Waals surface area contributed by atoms with Crippen LogP contribution in [0.5, 0.6) is 0 Å². The monoisotopic (exact) mass is 387 g/mol. The molecule has 3 nitrogen and oxygen atoms in total. The Bertz CT molecular complexity index is 525. The molecule has 0 spiro atoms. The molecule has 0 bridgehead atoms. The van der Waals surface area contributed by atoms with Crippen LogP contribution in [0.15, 0.2) is 17.0 Å². The zero-order chi connectivity index (χ0) is 13.9. The van der Waals surface area contributed by atoms with Gasteiger partial charge in [-0.05, 0) is 46.5 Å². The summed E-state index contributed by atoms with van der Waals surface area (Å²) in [5.41, 5.74) is -4.67. The summed E-state index contributed by atoms with van der Waals surface area (Å²) in [6.07, 6.45) is 0. The second kappa shape index (κ2) is 5.79. The highest BCUT2D eigenvalue weighted by Gasteiger charge is 2.33. The van der Waals surface area contributed by atoms with Gasteiger partial charge in [-0.1, -0.05) is 0 Å². The first-order valence-corrected chi connectivity index (χ1v) is 6.26. The molecule has 8 heteroatoms. The molecule has 0 N–H and O–H groups in total. The van der Waals surface area contributed by atoms with Crippen LogP contribution in [0.3, 0.4) is 0 Å². The second-order valence-corrected chi connectivity index (χ2v) is 5.11. The summed E-state index contributed by atoms with van der Waals surface area (Å²) >= 11 is 1.17. The summed E-state index contributed by atoms with van der Waals surface area (Å²) < 4.78 is 41.8. The van der Waals surface area contributed by atoms with E-state index in [1.54, 1.807) is 28.7 Å². The lowest BCUT2D eigenvalue weighted by molar-refractivity contribution is -0.0328. The molecule has 0 unspecified atom stereocenters. The van der Waals surface area contributed by atoms with Gasteiger partial charge in [0.2, 0.25) is 0 Å². The van der Waals surface area contributed by atoms with Crippen molar-refractivity contribution in [2.75, 3.05) is 7.11 Å². The Morgan fingerprint density at radius 3 is 2.56 bits per heavy atom. The van der Waals surface area contributed by atoms with E-state index in [4.69, 9.17) is 5.26 Å². The number of carbonyl (C=O) groups excluding carboxylic acids is 1. The van der Waals surface area contributed by atoms with Crippen molar-refractivity contribution in [3.05, 3.63) is 26.8 Å². The van der Waals surface area contributed by atoms with Gasteiger partial charge in [0, 0.05) is 8.47 Å². The summed E-state index contributed by atoms with van der Waals surface area (Å²) in [5.74, 6) is -0.871. The molecule has 0 fully saturated rings. The second-order valence-electron chi connectivity index (χ2n) is 2.95. The largest absolute Gasteiger partial charge is 0.465 e. The minimum atomic E-state index is -4.54. The number of esters is 1. The number of hydrogen-bond acceptors (Lipinski definition) is 4. The average molecular weight is 387 g/mol. The predicted molar refractivity (Wildman–Crippen MR) is 67.1 cm³/mol. The minimum absolute atomic E-state index is 0.0787.